The quantitative estimate of drug-likeness (QED) is 0.538. The monoisotopic (exact) mass is 472 g/mol. The zero-order valence-electron chi connectivity index (χ0n) is 15.8. The highest BCUT2D eigenvalue weighted by Crippen LogP contribution is 2.17. The Morgan fingerprint density at radius 2 is 1.66 bits per heavy atom. The third-order valence-electron chi connectivity index (χ3n) is 4.31. The Labute approximate surface area is 179 Å². The molecule has 0 radical (unpaired) electrons. The van der Waals surface area contributed by atoms with Gasteiger partial charge in [-0.05, 0) is 60.9 Å². The maximum absolute atomic E-state index is 12.9. The van der Waals surface area contributed by atoms with Crippen LogP contribution in [0.3, 0.4) is 0 Å². The standard InChI is InChI=1S/C22H21BrN2O3S/c1-16-6-5-9-19(14-16)24-22(26)21(15-17-7-3-2-4-8-17)25-29(27,28)20-12-10-18(23)11-13-20/h2-14,21,25H,15H2,1H3,(H,24,26). The van der Waals surface area contributed by atoms with Crippen LogP contribution in [-0.4, -0.2) is 20.4 Å². The molecule has 0 saturated carbocycles. The minimum absolute atomic E-state index is 0.0992. The third-order valence-corrected chi connectivity index (χ3v) is 6.32. The van der Waals surface area contributed by atoms with Crippen molar-refractivity contribution in [2.45, 2.75) is 24.3 Å². The Bertz CT molecular complexity index is 1080. The lowest BCUT2D eigenvalue weighted by atomic mass is 10.1. The Hall–Kier alpha value is -2.48. The zero-order valence-corrected chi connectivity index (χ0v) is 18.2. The van der Waals surface area contributed by atoms with E-state index in [1.165, 1.54) is 12.1 Å². The number of nitrogens with one attached hydrogen (secondary N) is 2. The fourth-order valence-corrected chi connectivity index (χ4v) is 4.32. The SMILES string of the molecule is Cc1cccc(NC(=O)C(Cc2ccccc2)NS(=O)(=O)c2ccc(Br)cc2)c1. The number of rotatable bonds is 7. The van der Waals surface area contributed by atoms with E-state index in [0.717, 1.165) is 15.6 Å². The van der Waals surface area contributed by atoms with Crippen molar-refractivity contribution in [3.63, 3.8) is 0 Å². The molecule has 3 aromatic carbocycles. The van der Waals surface area contributed by atoms with Gasteiger partial charge in [0, 0.05) is 10.2 Å². The summed E-state index contributed by atoms with van der Waals surface area (Å²) in [5.41, 5.74) is 2.48. The van der Waals surface area contributed by atoms with E-state index in [2.05, 4.69) is 26.0 Å². The second kappa shape index (κ2) is 9.35. The van der Waals surface area contributed by atoms with Crippen molar-refractivity contribution in [2.24, 2.45) is 0 Å². The van der Waals surface area contributed by atoms with Gasteiger partial charge in [0.1, 0.15) is 6.04 Å². The summed E-state index contributed by atoms with van der Waals surface area (Å²) in [6.45, 7) is 1.92. The molecule has 3 rings (SSSR count). The molecule has 29 heavy (non-hydrogen) atoms. The number of halogens is 1. The van der Waals surface area contributed by atoms with Gasteiger partial charge in [-0.25, -0.2) is 8.42 Å². The highest BCUT2D eigenvalue weighted by Gasteiger charge is 2.26. The lowest BCUT2D eigenvalue weighted by molar-refractivity contribution is -0.117. The summed E-state index contributed by atoms with van der Waals surface area (Å²) in [4.78, 5) is 13.0. The number of carbonyl (C=O) groups is 1. The molecule has 1 atom stereocenters. The van der Waals surface area contributed by atoms with Gasteiger partial charge in [0.25, 0.3) is 0 Å². The van der Waals surface area contributed by atoms with Crippen molar-refractivity contribution in [1.82, 2.24) is 4.72 Å². The molecular formula is C22H21BrN2O3S. The van der Waals surface area contributed by atoms with Crippen molar-refractivity contribution < 1.29 is 13.2 Å². The Balaban J connectivity index is 1.85. The number of hydrogen-bond acceptors (Lipinski definition) is 3. The van der Waals surface area contributed by atoms with Crippen LogP contribution < -0.4 is 10.0 Å². The van der Waals surface area contributed by atoms with Crippen LogP contribution in [-0.2, 0) is 21.2 Å². The summed E-state index contributed by atoms with van der Waals surface area (Å²) < 4.78 is 29.0. The summed E-state index contributed by atoms with van der Waals surface area (Å²) in [5, 5.41) is 2.81. The largest absolute Gasteiger partial charge is 0.325 e. The summed E-state index contributed by atoms with van der Waals surface area (Å²) in [7, 11) is -3.87. The van der Waals surface area contributed by atoms with E-state index in [1.807, 2.05) is 55.5 Å². The Kier molecular flexibility index (Phi) is 6.84. The fourth-order valence-electron chi connectivity index (χ4n) is 2.86. The van der Waals surface area contributed by atoms with Crippen LogP contribution >= 0.6 is 15.9 Å². The van der Waals surface area contributed by atoms with Crippen LogP contribution in [0.15, 0.2) is 88.2 Å². The molecule has 7 heteroatoms. The third kappa shape index (κ3) is 6.00. The van der Waals surface area contributed by atoms with E-state index in [-0.39, 0.29) is 11.3 Å². The van der Waals surface area contributed by atoms with Crippen LogP contribution in [0.1, 0.15) is 11.1 Å². The molecule has 5 nitrogen and oxygen atoms in total. The minimum atomic E-state index is -3.87. The zero-order chi connectivity index (χ0) is 20.9. The number of anilines is 1. The molecule has 2 N–H and O–H groups in total. The van der Waals surface area contributed by atoms with Gasteiger partial charge in [-0.3, -0.25) is 4.79 Å². The average molecular weight is 473 g/mol. The highest BCUT2D eigenvalue weighted by atomic mass is 79.9. The van der Waals surface area contributed by atoms with Gasteiger partial charge in [0.2, 0.25) is 15.9 Å². The molecule has 0 aliphatic carbocycles. The fraction of sp³-hybridized carbons (Fsp3) is 0.136. The second-order valence-electron chi connectivity index (χ2n) is 6.68. The Morgan fingerprint density at radius 3 is 2.31 bits per heavy atom. The van der Waals surface area contributed by atoms with Crippen LogP contribution in [0.25, 0.3) is 0 Å². The van der Waals surface area contributed by atoms with Crippen molar-refractivity contribution in [2.75, 3.05) is 5.32 Å². The average Bonchev–Trinajstić information content (AvgIpc) is 2.68. The van der Waals surface area contributed by atoms with E-state index in [4.69, 9.17) is 0 Å². The molecule has 0 aromatic heterocycles. The number of sulfonamides is 1. The first kappa shape index (κ1) is 21.2. The van der Waals surface area contributed by atoms with Crippen molar-refractivity contribution in [3.05, 3.63) is 94.5 Å². The smallest absolute Gasteiger partial charge is 0.242 e. The van der Waals surface area contributed by atoms with E-state index in [0.29, 0.717) is 5.69 Å². The van der Waals surface area contributed by atoms with Gasteiger partial charge in [-0.2, -0.15) is 4.72 Å². The summed E-state index contributed by atoms with van der Waals surface area (Å²) in [6, 6.07) is 22.0. The first-order chi connectivity index (χ1) is 13.8. The van der Waals surface area contributed by atoms with Crippen molar-refractivity contribution in [3.8, 4) is 0 Å². The van der Waals surface area contributed by atoms with Crippen LogP contribution in [0.4, 0.5) is 5.69 Å². The maximum atomic E-state index is 12.9. The molecular weight excluding hydrogens is 452 g/mol. The minimum Gasteiger partial charge on any atom is -0.325 e. The van der Waals surface area contributed by atoms with E-state index in [9.17, 15) is 13.2 Å². The second-order valence-corrected chi connectivity index (χ2v) is 9.31. The first-order valence-electron chi connectivity index (χ1n) is 9.03. The highest BCUT2D eigenvalue weighted by molar-refractivity contribution is 9.10. The molecule has 0 aliphatic rings. The van der Waals surface area contributed by atoms with Crippen molar-refractivity contribution >= 4 is 37.5 Å². The lowest BCUT2D eigenvalue weighted by Gasteiger charge is -2.19. The number of aryl methyl sites for hydroxylation is 1. The topological polar surface area (TPSA) is 75.3 Å². The summed E-state index contributed by atoms with van der Waals surface area (Å²) >= 11 is 3.29. The predicted octanol–water partition coefficient (Wildman–Crippen LogP) is 4.29. The van der Waals surface area contributed by atoms with Gasteiger partial charge in [-0.15, -0.1) is 0 Å². The first-order valence-corrected chi connectivity index (χ1v) is 11.3. The van der Waals surface area contributed by atoms with Crippen LogP contribution in [0.5, 0.6) is 0 Å². The molecule has 1 unspecified atom stereocenters. The molecule has 0 heterocycles. The molecule has 1 amide bonds. The molecule has 0 aliphatic heterocycles. The summed E-state index contributed by atoms with van der Waals surface area (Å²) in [5.74, 6) is -0.417. The molecule has 3 aromatic rings. The maximum Gasteiger partial charge on any atom is 0.242 e. The number of benzene rings is 3. The molecule has 150 valence electrons. The van der Waals surface area contributed by atoms with Gasteiger partial charge < -0.3 is 5.32 Å². The van der Waals surface area contributed by atoms with Crippen LogP contribution in [0.2, 0.25) is 0 Å². The van der Waals surface area contributed by atoms with Gasteiger partial charge in [0.05, 0.1) is 4.90 Å². The molecule has 0 saturated heterocycles. The van der Waals surface area contributed by atoms with E-state index in [1.54, 1.807) is 18.2 Å². The van der Waals surface area contributed by atoms with Crippen LogP contribution in [0, 0.1) is 6.92 Å². The summed E-state index contributed by atoms with van der Waals surface area (Å²) in [6.07, 6.45) is 0.230. The lowest BCUT2D eigenvalue weighted by Crippen LogP contribution is -2.45. The van der Waals surface area contributed by atoms with Gasteiger partial charge in [-0.1, -0.05) is 58.4 Å². The van der Waals surface area contributed by atoms with E-state index >= 15 is 0 Å². The number of amides is 1. The normalized spacial score (nSPS) is 12.3. The Morgan fingerprint density at radius 1 is 0.966 bits per heavy atom. The predicted molar refractivity (Wildman–Crippen MR) is 118 cm³/mol. The number of carbonyl (C=O) groups excluding carboxylic acids is 1. The number of hydrogen-bond donors (Lipinski definition) is 2. The van der Waals surface area contributed by atoms with Gasteiger partial charge >= 0.3 is 0 Å². The van der Waals surface area contributed by atoms with E-state index < -0.39 is 22.0 Å². The van der Waals surface area contributed by atoms with Crippen molar-refractivity contribution in [1.29, 1.82) is 0 Å². The molecule has 0 spiro atoms. The molecule has 0 bridgehead atoms. The van der Waals surface area contributed by atoms with Gasteiger partial charge in [0.15, 0.2) is 0 Å². The molecule has 0 fully saturated rings.